The van der Waals surface area contributed by atoms with Crippen molar-refractivity contribution in [3.05, 3.63) is 29.6 Å². The van der Waals surface area contributed by atoms with Gasteiger partial charge in [-0.1, -0.05) is 0 Å². The number of nitrogens with zero attached hydrogens (tertiary/aromatic N) is 2. The van der Waals surface area contributed by atoms with Gasteiger partial charge in [0, 0.05) is 38.6 Å². The van der Waals surface area contributed by atoms with Gasteiger partial charge in [0.15, 0.2) is 0 Å². The Morgan fingerprint density at radius 2 is 2.00 bits per heavy atom. The van der Waals surface area contributed by atoms with Crippen LogP contribution in [0.25, 0.3) is 11.0 Å². The van der Waals surface area contributed by atoms with Crippen LogP contribution in [0.3, 0.4) is 0 Å². The minimum Gasteiger partial charge on any atom is -0.460 e. The van der Waals surface area contributed by atoms with Gasteiger partial charge in [-0.2, -0.15) is 0 Å². The molecule has 2 rings (SSSR count). The SMILES string of the molecule is CCn1c(CCCC(=O)OC(C)(C)C)nc2cc(C(=O)NCCOC)ccc21. The third kappa shape index (κ3) is 6.05. The van der Waals surface area contributed by atoms with E-state index in [4.69, 9.17) is 14.5 Å². The van der Waals surface area contributed by atoms with Crippen molar-refractivity contribution in [1.29, 1.82) is 0 Å². The maximum atomic E-state index is 12.2. The molecule has 0 bridgehead atoms. The number of esters is 1. The van der Waals surface area contributed by atoms with Crippen LogP contribution in [0, 0.1) is 0 Å². The number of ether oxygens (including phenoxy) is 2. The number of rotatable bonds is 9. The van der Waals surface area contributed by atoms with Crippen LogP contribution in [0.2, 0.25) is 0 Å². The zero-order chi connectivity index (χ0) is 20.7. The number of fused-ring (bicyclic) bond motifs is 1. The molecule has 1 amide bonds. The van der Waals surface area contributed by atoms with E-state index < -0.39 is 5.60 Å². The number of hydrogen-bond acceptors (Lipinski definition) is 5. The van der Waals surface area contributed by atoms with Crippen LogP contribution in [-0.4, -0.2) is 47.3 Å². The first kappa shape index (κ1) is 21.9. The average molecular weight is 389 g/mol. The molecular formula is C21H31N3O4. The van der Waals surface area contributed by atoms with Gasteiger partial charge in [-0.05, 0) is 52.3 Å². The van der Waals surface area contributed by atoms with Crippen molar-refractivity contribution in [2.24, 2.45) is 0 Å². The summed E-state index contributed by atoms with van der Waals surface area (Å²) in [5.41, 5.74) is 1.88. The van der Waals surface area contributed by atoms with E-state index in [1.54, 1.807) is 13.2 Å². The molecule has 1 heterocycles. The molecule has 7 nitrogen and oxygen atoms in total. The van der Waals surface area contributed by atoms with E-state index in [0.717, 1.165) is 23.4 Å². The third-order valence-electron chi connectivity index (χ3n) is 4.20. The van der Waals surface area contributed by atoms with Crippen LogP contribution >= 0.6 is 0 Å². The summed E-state index contributed by atoms with van der Waals surface area (Å²) < 4.78 is 12.4. The van der Waals surface area contributed by atoms with Crippen LogP contribution in [-0.2, 0) is 27.2 Å². The Morgan fingerprint density at radius 3 is 2.64 bits per heavy atom. The van der Waals surface area contributed by atoms with E-state index in [-0.39, 0.29) is 11.9 Å². The lowest BCUT2D eigenvalue weighted by Crippen LogP contribution is -2.26. The van der Waals surface area contributed by atoms with E-state index in [1.165, 1.54) is 0 Å². The number of amides is 1. The molecule has 0 aliphatic carbocycles. The van der Waals surface area contributed by atoms with Crippen molar-refractivity contribution in [3.8, 4) is 0 Å². The van der Waals surface area contributed by atoms with Crippen molar-refractivity contribution in [3.63, 3.8) is 0 Å². The van der Waals surface area contributed by atoms with E-state index in [9.17, 15) is 9.59 Å². The van der Waals surface area contributed by atoms with Crippen LogP contribution in [0.4, 0.5) is 0 Å². The number of aryl methyl sites for hydroxylation is 2. The van der Waals surface area contributed by atoms with Gasteiger partial charge in [-0.3, -0.25) is 9.59 Å². The first-order chi connectivity index (χ1) is 13.2. The van der Waals surface area contributed by atoms with Crippen LogP contribution in [0.5, 0.6) is 0 Å². The van der Waals surface area contributed by atoms with Crippen LogP contribution < -0.4 is 5.32 Å². The highest BCUT2D eigenvalue weighted by Crippen LogP contribution is 2.20. The average Bonchev–Trinajstić information content (AvgIpc) is 2.96. The van der Waals surface area contributed by atoms with Crippen molar-refractivity contribution in [2.45, 2.75) is 59.1 Å². The number of benzene rings is 1. The molecule has 0 fully saturated rings. The number of carbonyl (C=O) groups excluding carboxylic acids is 2. The lowest BCUT2D eigenvalue weighted by molar-refractivity contribution is -0.154. The fourth-order valence-electron chi connectivity index (χ4n) is 3.02. The van der Waals surface area contributed by atoms with Crippen molar-refractivity contribution in [1.82, 2.24) is 14.9 Å². The molecule has 0 saturated heterocycles. The number of nitrogens with one attached hydrogen (secondary N) is 1. The molecular weight excluding hydrogens is 358 g/mol. The van der Waals surface area contributed by atoms with Gasteiger partial charge in [0.2, 0.25) is 0 Å². The fraction of sp³-hybridized carbons (Fsp3) is 0.571. The van der Waals surface area contributed by atoms with Gasteiger partial charge in [-0.25, -0.2) is 4.98 Å². The molecule has 0 unspecified atom stereocenters. The molecule has 2 aromatic rings. The lowest BCUT2D eigenvalue weighted by atomic mass is 10.2. The molecule has 0 aliphatic rings. The highest BCUT2D eigenvalue weighted by molar-refractivity contribution is 5.97. The third-order valence-corrected chi connectivity index (χ3v) is 4.20. The number of imidazole rings is 1. The summed E-state index contributed by atoms with van der Waals surface area (Å²) in [7, 11) is 1.60. The Balaban J connectivity index is 2.07. The summed E-state index contributed by atoms with van der Waals surface area (Å²) in [5.74, 6) is 0.580. The molecule has 28 heavy (non-hydrogen) atoms. The normalized spacial score (nSPS) is 11.6. The van der Waals surface area contributed by atoms with Gasteiger partial charge in [0.25, 0.3) is 5.91 Å². The molecule has 0 atom stereocenters. The van der Waals surface area contributed by atoms with E-state index >= 15 is 0 Å². The second-order valence-electron chi connectivity index (χ2n) is 7.66. The Hall–Kier alpha value is -2.41. The second-order valence-corrected chi connectivity index (χ2v) is 7.66. The predicted molar refractivity (Wildman–Crippen MR) is 108 cm³/mol. The lowest BCUT2D eigenvalue weighted by Gasteiger charge is -2.19. The van der Waals surface area contributed by atoms with E-state index in [1.807, 2.05) is 32.9 Å². The molecule has 0 saturated carbocycles. The summed E-state index contributed by atoms with van der Waals surface area (Å²) in [6.07, 6.45) is 1.71. The van der Waals surface area contributed by atoms with Crippen LogP contribution in [0.15, 0.2) is 18.2 Å². The molecule has 1 aromatic carbocycles. The molecule has 0 spiro atoms. The molecule has 7 heteroatoms. The summed E-state index contributed by atoms with van der Waals surface area (Å²) in [5, 5.41) is 2.82. The Morgan fingerprint density at radius 1 is 1.25 bits per heavy atom. The Labute approximate surface area is 166 Å². The summed E-state index contributed by atoms with van der Waals surface area (Å²) in [4.78, 5) is 28.8. The van der Waals surface area contributed by atoms with Gasteiger partial charge in [-0.15, -0.1) is 0 Å². The Kier molecular flexibility index (Phi) is 7.57. The first-order valence-electron chi connectivity index (χ1n) is 9.73. The molecule has 154 valence electrons. The second kappa shape index (κ2) is 9.68. The monoisotopic (exact) mass is 389 g/mol. The van der Waals surface area contributed by atoms with E-state index in [2.05, 4.69) is 16.8 Å². The maximum Gasteiger partial charge on any atom is 0.306 e. The summed E-state index contributed by atoms with van der Waals surface area (Å²) >= 11 is 0. The molecule has 0 radical (unpaired) electrons. The van der Waals surface area contributed by atoms with Gasteiger partial charge in [0.05, 0.1) is 17.6 Å². The molecule has 1 aromatic heterocycles. The summed E-state index contributed by atoms with van der Waals surface area (Å²) in [6.45, 7) is 9.37. The largest absolute Gasteiger partial charge is 0.460 e. The molecule has 0 aliphatic heterocycles. The minimum absolute atomic E-state index is 0.142. The minimum atomic E-state index is -0.464. The number of hydrogen-bond donors (Lipinski definition) is 1. The standard InChI is InChI=1S/C21H31N3O4/c1-6-24-17-11-10-15(20(26)22-12-13-27-5)14-16(17)23-18(24)8-7-9-19(25)28-21(2,3)4/h10-11,14H,6-9,12-13H2,1-5H3,(H,22,26). The van der Waals surface area contributed by atoms with E-state index in [0.29, 0.717) is 38.0 Å². The van der Waals surface area contributed by atoms with Gasteiger partial charge < -0.3 is 19.4 Å². The quantitative estimate of drug-likeness (QED) is 0.526. The highest BCUT2D eigenvalue weighted by Gasteiger charge is 2.17. The zero-order valence-corrected chi connectivity index (χ0v) is 17.5. The van der Waals surface area contributed by atoms with Crippen LogP contribution in [0.1, 0.15) is 56.7 Å². The number of methoxy groups -OCH3 is 1. The van der Waals surface area contributed by atoms with Crippen molar-refractivity contribution >= 4 is 22.9 Å². The first-order valence-corrected chi connectivity index (χ1v) is 9.73. The predicted octanol–water partition coefficient (Wildman–Crippen LogP) is 3.10. The zero-order valence-electron chi connectivity index (χ0n) is 17.5. The fourth-order valence-corrected chi connectivity index (χ4v) is 3.02. The number of aromatic nitrogens is 2. The topological polar surface area (TPSA) is 82.5 Å². The van der Waals surface area contributed by atoms with Gasteiger partial charge in [0.1, 0.15) is 11.4 Å². The Bertz CT molecular complexity index is 821. The maximum absolute atomic E-state index is 12.2. The van der Waals surface area contributed by atoms with Crippen molar-refractivity contribution in [2.75, 3.05) is 20.3 Å². The highest BCUT2D eigenvalue weighted by atomic mass is 16.6. The number of carbonyl (C=O) groups is 2. The van der Waals surface area contributed by atoms with Gasteiger partial charge >= 0.3 is 5.97 Å². The smallest absolute Gasteiger partial charge is 0.306 e. The van der Waals surface area contributed by atoms with Crippen molar-refractivity contribution < 1.29 is 19.1 Å². The summed E-state index contributed by atoms with van der Waals surface area (Å²) in [6, 6.07) is 5.54. The molecule has 1 N–H and O–H groups in total.